The number of carbonyl (C=O) groups is 1. The number of carbonyl (C=O) groups excluding carboxylic acids is 1. The Morgan fingerprint density at radius 2 is 1.93 bits per heavy atom. The first-order valence-corrected chi connectivity index (χ1v) is 9.21. The maximum Gasteiger partial charge on any atom is 0.220 e. The number of hydrogen-bond acceptors (Lipinski definition) is 5. The number of pyridine rings is 1. The van der Waals surface area contributed by atoms with Gasteiger partial charge in [0.05, 0.1) is 6.42 Å². The molecule has 2 heterocycles. The quantitative estimate of drug-likeness (QED) is 0.590. The molecule has 0 saturated heterocycles. The van der Waals surface area contributed by atoms with Gasteiger partial charge in [0.2, 0.25) is 17.7 Å². The van der Waals surface area contributed by atoms with E-state index in [2.05, 4.69) is 39.6 Å². The molecule has 0 aliphatic carbocycles. The molecular weight excluding hydrogens is 340 g/mol. The average Bonchev–Trinajstić information content (AvgIpc) is 3.12. The maximum absolute atomic E-state index is 11.9. The van der Waals surface area contributed by atoms with Gasteiger partial charge in [-0.25, -0.2) is 0 Å². The summed E-state index contributed by atoms with van der Waals surface area (Å²) in [4.78, 5) is 16.0. The Morgan fingerprint density at radius 1 is 1.07 bits per heavy atom. The number of nitrogens with one attached hydrogen (secondary N) is 1. The molecule has 0 fully saturated rings. The summed E-state index contributed by atoms with van der Waals surface area (Å²) in [6.45, 7) is 2.70. The van der Waals surface area contributed by atoms with Gasteiger partial charge in [0, 0.05) is 31.8 Å². The first-order valence-electron chi connectivity index (χ1n) is 9.21. The molecule has 0 atom stereocenters. The SMILES string of the molecule is Cc1cccc(Cc2nnc(CCC(=O)NCCCc3cccnc3)o2)c1. The minimum absolute atomic E-state index is 0.000351. The first kappa shape index (κ1) is 18.8. The normalized spacial score (nSPS) is 10.7. The summed E-state index contributed by atoms with van der Waals surface area (Å²) in [5, 5.41) is 11.0. The van der Waals surface area contributed by atoms with Crippen molar-refractivity contribution in [3.05, 3.63) is 77.3 Å². The minimum Gasteiger partial charge on any atom is -0.425 e. The lowest BCUT2D eigenvalue weighted by Gasteiger charge is -2.04. The number of amides is 1. The van der Waals surface area contributed by atoms with Gasteiger partial charge >= 0.3 is 0 Å². The molecule has 1 aromatic carbocycles. The smallest absolute Gasteiger partial charge is 0.220 e. The van der Waals surface area contributed by atoms with Crippen LogP contribution in [0.4, 0.5) is 0 Å². The van der Waals surface area contributed by atoms with Crippen LogP contribution in [-0.2, 0) is 24.1 Å². The van der Waals surface area contributed by atoms with Crippen molar-refractivity contribution in [2.24, 2.45) is 0 Å². The molecule has 0 saturated carbocycles. The molecule has 6 heteroatoms. The number of rotatable bonds is 9. The van der Waals surface area contributed by atoms with Crippen molar-refractivity contribution in [3.63, 3.8) is 0 Å². The van der Waals surface area contributed by atoms with Crippen molar-refractivity contribution in [3.8, 4) is 0 Å². The molecule has 1 N–H and O–H groups in total. The van der Waals surface area contributed by atoms with Crippen molar-refractivity contribution in [2.45, 2.75) is 39.0 Å². The van der Waals surface area contributed by atoms with Gasteiger partial charge in [-0.05, 0) is 37.0 Å². The van der Waals surface area contributed by atoms with Gasteiger partial charge in [0.25, 0.3) is 0 Å². The van der Waals surface area contributed by atoms with Crippen LogP contribution in [0.2, 0.25) is 0 Å². The third-order valence-electron chi connectivity index (χ3n) is 4.20. The minimum atomic E-state index is -0.000351. The van der Waals surface area contributed by atoms with Crippen LogP contribution in [0.3, 0.4) is 0 Å². The van der Waals surface area contributed by atoms with Crippen molar-refractivity contribution in [1.82, 2.24) is 20.5 Å². The zero-order valence-corrected chi connectivity index (χ0v) is 15.5. The summed E-state index contributed by atoms with van der Waals surface area (Å²) >= 11 is 0. The van der Waals surface area contributed by atoms with Gasteiger partial charge in [-0.1, -0.05) is 35.9 Å². The largest absolute Gasteiger partial charge is 0.425 e. The molecule has 0 unspecified atom stereocenters. The van der Waals surface area contributed by atoms with Gasteiger partial charge in [-0.15, -0.1) is 10.2 Å². The predicted molar refractivity (Wildman–Crippen MR) is 102 cm³/mol. The van der Waals surface area contributed by atoms with E-state index in [-0.39, 0.29) is 5.91 Å². The Morgan fingerprint density at radius 3 is 2.74 bits per heavy atom. The Labute approximate surface area is 159 Å². The third-order valence-corrected chi connectivity index (χ3v) is 4.20. The Hall–Kier alpha value is -3.02. The molecule has 1 amide bonds. The molecule has 3 aromatic rings. The van der Waals surface area contributed by atoms with E-state index in [1.807, 2.05) is 30.5 Å². The Bertz CT molecular complexity index is 861. The van der Waals surface area contributed by atoms with Crippen molar-refractivity contribution in [2.75, 3.05) is 6.54 Å². The molecule has 6 nitrogen and oxygen atoms in total. The number of hydrogen-bond donors (Lipinski definition) is 1. The van der Waals surface area contributed by atoms with Gasteiger partial charge in [0.15, 0.2) is 0 Å². The van der Waals surface area contributed by atoms with Crippen LogP contribution in [0.1, 0.15) is 41.3 Å². The molecule has 0 spiro atoms. The monoisotopic (exact) mass is 364 g/mol. The second kappa shape index (κ2) is 9.62. The second-order valence-corrected chi connectivity index (χ2v) is 6.57. The van der Waals surface area contributed by atoms with Crippen LogP contribution in [0, 0.1) is 6.92 Å². The van der Waals surface area contributed by atoms with E-state index < -0.39 is 0 Å². The fourth-order valence-corrected chi connectivity index (χ4v) is 2.83. The molecule has 27 heavy (non-hydrogen) atoms. The van der Waals surface area contributed by atoms with Gasteiger partial charge in [0.1, 0.15) is 0 Å². The van der Waals surface area contributed by atoms with E-state index in [1.165, 1.54) is 11.1 Å². The Balaban J connectivity index is 1.36. The zero-order chi connectivity index (χ0) is 18.9. The van der Waals surface area contributed by atoms with Crippen LogP contribution in [0.25, 0.3) is 0 Å². The van der Waals surface area contributed by atoms with E-state index in [1.54, 1.807) is 6.20 Å². The fourth-order valence-electron chi connectivity index (χ4n) is 2.83. The third kappa shape index (κ3) is 6.33. The molecule has 0 aliphatic rings. The molecule has 0 radical (unpaired) electrons. The summed E-state index contributed by atoms with van der Waals surface area (Å²) in [7, 11) is 0. The van der Waals surface area contributed by atoms with Crippen LogP contribution in [0.5, 0.6) is 0 Å². The highest BCUT2D eigenvalue weighted by molar-refractivity contribution is 5.75. The van der Waals surface area contributed by atoms with E-state index in [0.717, 1.165) is 18.4 Å². The summed E-state index contributed by atoms with van der Waals surface area (Å²) in [5.74, 6) is 1.08. The van der Waals surface area contributed by atoms with Gasteiger partial charge in [-0.2, -0.15) is 0 Å². The first-order chi connectivity index (χ1) is 13.2. The maximum atomic E-state index is 11.9. The molecule has 0 aliphatic heterocycles. The standard InChI is InChI=1S/C21H24N4O2/c1-16-5-2-6-18(13-16)14-21-25-24-20(27-21)10-9-19(26)23-12-4-8-17-7-3-11-22-15-17/h2-3,5-7,11,13,15H,4,8-10,12,14H2,1H3,(H,23,26). The molecule has 0 bridgehead atoms. The van der Waals surface area contributed by atoms with Crippen molar-refractivity contribution in [1.29, 1.82) is 0 Å². The molecule has 140 valence electrons. The summed E-state index contributed by atoms with van der Waals surface area (Å²) < 4.78 is 5.65. The molecule has 3 rings (SSSR count). The van der Waals surface area contributed by atoms with Crippen LogP contribution in [0.15, 0.2) is 53.2 Å². The highest BCUT2D eigenvalue weighted by Crippen LogP contribution is 2.11. The number of aromatic nitrogens is 3. The lowest BCUT2D eigenvalue weighted by molar-refractivity contribution is -0.121. The highest BCUT2D eigenvalue weighted by atomic mass is 16.4. The van der Waals surface area contributed by atoms with E-state index in [4.69, 9.17) is 4.42 Å². The van der Waals surface area contributed by atoms with Crippen LogP contribution < -0.4 is 5.32 Å². The van der Waals surface area contributed by atoms with E-state index in [0.29, 0.717) is 37.6 Å². The van der Waals surface area contributed by atoms with Crippen molar-refractivity contribution < 1.29 is 9.21 Å². The molecular formula is C21H24N4O2. The predicted octanol–water partition coefficient (Wildman–Crippen LogP) is 3.05. The van der Waals surface area contributed by atoms with E-state index in [9.17, 15) is 4.79 Å². The van der Waals surface area contributed by atoms with Gasteiger partial charge < -0.3 is 9.73 Å². The summed E-state index contributed by atoms with van der Waals surface area (Å²) in [5.41, 5.74) is 3.52. The van der Waals surface area contributed by atoms with E-state index >= 15 is 0 Å². The number of nitrogens with zero attached hydrogens (tertiary/aromatic N) is 3. The summed E-state index contributed by atoms with van der Waals surface area (Å²) in [6, 6.07) is 12.2. The number of benzene rings is 1. The summed E-state index contributed by atoms with van der Waals surface area (Å²) in [6.07, 6.45) is 6.81. The lowest BCUT2D eigenvalue weighted by atomic mass is 10.1. The fraction of sp³-hybridized carbons (Fsp3) is 0.333. The second-order valence-electron chi connectivity index (χ2n) is 6.57. The lowest BCUT2D eigenvalue weighted by Crippen LogP contribution is -2.25. The van der Waals surface area contributed by atoms with Crippen molar-refractivity contribution >= 4 is 5.91 Å². The topological polar surface area (TPSA) is 80.9 Å². The zero-order valence-electron chi connectivity index (χ0n) is 15.5. The van der Waals surface area contributed by atoms with Crippen LogP contribution >= 0.6 is 0 Å². The Kier molecular flexibility index (Phi) is 6.68. The van der Waals surface area contributed by atoms with Crippen LogP contribution in [-0.4, -0.2) is 27.6 Å². The molecule has 2 aromatic heterocycles. The van der Waals surface area contributed by atoms with Gasteiger partial charge in [-0.3, -0.25) is 9.78 Å². The number of aryl methyl sites for hydroxylation is 3. The average molecular weight is 364 g/mol. The highest BCUT2D eigenvalue weighted by Gasteiger charge is 2.09.